The molecule has 0 radical (unpaired) electrons. The van der Waals surface area contributed by atoms with E-state index >= 15 is 0 Å². The molecule has 0 fully saturated rings. The number of ketones is 1. The molecule has 19 heavy (non-hydrogen) atoms. The van der Waals surface area contributed by atoms with Crippen molar-refractivity contribution >= 4 is 5.78 Å². The van der Waals surface area contributed by atoms with Crippen LogP contribution in [0.3, 0.4) is 0 Å². The normalized spacial score (nSPS) is 25.6. The maximum absolute atomic E-state index is 11.7. The highest BCUT2D eigenvalue weighted by Gasteiger charge is 2.49. The lowest BCUT2D eigenvalue weighted by atomic mass is 9.62. The number of carbonyl (C=O) groups excluding carboxylic acids is 1. The highest BCUT2D eigenvalue weighted by Crippen LogP contribution is 2.49. The smallest absolute Gasteiger partial charge is 0.156 e. The number of nitrogens with zero attached hydrogens (tertiary/aromatic N) is 1. The number of benzene rings is 1. The molecule has 1 aromatic rings. The van der Waals surface area contributed by atoms with Gasteiger partial charge in [-0.3, -0.25) is 4.79 Å². The molecule has 98 valence electrons. The van der Waals surface area contributed by atoms with E-state index < -0.39 is 11.0 Å². The van der Waals surface area contributed by atoms with Crippen molar-refractivity contribution in [1.29, 1.82) is 5.26 Å². The fourth-order valence-corrected chi connectivity index (χ4v) is 2.93. The third-order valence-corrected chi connectivity index (χ3v) is 3.95. The Hall–Kier alpha value is -1.92. The van der Waals surface area contributed by atoms with Crippen LogP contribution in [-0.2, 0) is 10.4 Å². The second kappa shape index (κ2) is 4.32. The van der Waals surface area contributed by atoms with Gasteiger partial charge in [0.15, 0.2) is 5.78 Å². The van der Waals surface area contributed by atoms with Crippen LogP contribution in [0.15, 0.2) is 35.9 Å². The van der Waals surface area contributed by atoms with Gasteiger partial charge in [-0.1, -0.05) is 26.0 Å². The largest absolute Gasteiger partial charge is 0.380 e. The Kier molecular flexibility index (Phi) is 3.07. The summed E-state index contributed by atoms with van der Waals surface area (Å²) in [4.78, 5) is 11.7. The van der Waals surface area contributed by atoms with E-state index in [-0.39, 0.29) is 12.2 Å². The summed E-state index contributed by atoms with van der Waals surface area (Å²) >= 11 is 0. The average molecular weight is 255 g/mol. The van der Waals surface area contributed by atoms with E-state index in [1.54, 1.807) is 31.2 Å². The van der Waals surface area contributed by atoms with E-state index in [9.17, 15) is 9.90 Å². The van der Waals surface area contributed by atoms with Crippen molar-refractivity contribution in [3.8, 4) is 6.07 Å². The maximum atomic E-state index is 11.7. The first-order chi connectivity index (χ1) is 8.81. The quantitative estimate of drug-likeness (QED) is 0.839. The lowest BCUT2D eigenvalue weighted by molar-refractivity contribution is -0.124. The third kappa shape index (κ3) is 1.98. The molecule has 0 bridgehead atoms. The van der Waals surface area contributed by atoms with E-state index in [0.717, 1.165) is 0 Å². The molecule has 2 rings (SSSR count). The first kappa shape index (κ1) is 13.5. The van der Waals surface area contributed by atoms with Crippen molar-refractivity contribution < 1.29 is 9.90 Å². The number of aliphatic hydroxyl groups is 1. The molecular formula is C16H17NO2. The highest BCUT2D eigenvalue weighted by molar-refractivity contribution is 5.92. The molecule has 1 aliphatic carbocycles. The lowest BCUT2D eigenvalue weighted by Gasteiger charge is -2.46. The Labute approximate surface area is 113 Å². The molecule has 0 heterocycles. The average Bonchev–Trinajstić information content (AvgIpc) is 2.35. The highest BCUT2D eigenvalue weighted by atomic mass is 16.3. The zero-order valence-electron chi connectivity index (χ0n) is 11.4. The Bertz CT molecular complexity index is 607. The molecule has 1 atom stereocenters. The van der Waals surface area contributed by atoms with Crippen LogP contribution in [-0.4, -0.2) is 10.9 Å². The van der Waals surface area contributed by atoms with Gasteiger partial charge in [0, 0.05) is 11.8 Å². The summed E-state index contributed by atoms with van der Waals surface area (Å²) in [6.45, 7) is 5.51. The predicted octanol–water partition coefficient (Wildman–Crippen LogP) is 2.69. The molecule has 0 saturated carbocycles. The van der Waals surface area contributed by atoms with E-state index in [2.05, 4.69) is 6.07 Å². The Morgan fingerprint density at radius 1 is 1.37 bits per heavy atom. The molecule has 1 N–H and O–H groups in total. The molecule has 0 spiro atoms. The van der Waals surface area contributed by atoms with Crippen LogP contribution in [0.4, 0.5) is 0 Å². The molecule has 1 unspecified atom stereocenters. The van der Waals surface area contributed by atoms with Gasteiger partial charge in [0.1, 0.15) is 5.60 Å². The van der Waals surface area contributed by atoms with Crippen LogP contribution >= 0.6 is 0 Å². The minimum Gasteiger partial charge on any atom is -0.380 e. The number of hydrogen-bond acceptors (Lipinski definition) is 3. The predicted molar refractivity (Wildman–Crippen MR) is 72.2 cm³/mol. The van der Waals surface area contributed by atoms with Gasteiger partial charge >= 0.3 is 0 Å². The van der Waals surface area contributed by atoms with Crippen molar-refractivity contribution in [2.24, 2.45) is 5.41 Å². The fourth-order valence-electron chi connectivity index (χ4n) is 2.93. The zero-order chi connectivity index (χ0) is 14.3. The number of hydrogen-bond donors (Lipinski definition) is 1. The summed E-state index contributed by atoms with van der Waals surface area (Å²) in [6, 6.07) is 9.02. The monoisotopic (exact) mass is 255 g/mol. The van der Waals surface area contributed by atoms with Gasteiger partial charge in [0.2, 0.25) is 0 Å². The van der Waals surface area contributed by atoms with Gasteiger partial charge < -0.3 is 5.11 Å². The standard InChI is InChI=1S/C16H17NO2/c1-11-7-14(18)9-15(2,3)16(11,19)13-6-4-5-12(8-13)10-17/h4-8,19H,9H2,1-3H3. The van der Waals surface area contributed by atoms with E-state index in [1.165, 1.54) is 6.08 Å². The molecule has 0 saturated heterocycles. The number of allylic oxidation sites excluding steroid dienone is 1. The third-order valence-electron chi connectivity index (χ3n) is 3.95. The molecule has 1 aromatic carbocycles. The van der Waals surface area contributed by atoms with Gasteiger partial charge in [-0.25, -0.2) is 0 Å². The Morgan fingerprint density at radius 3 is 2.63 bits per heavy atom. The van der Waals surface area contributed by atoms with Crippen molar-refractivity contribution in [3.05, 3.63) is 47.0 Å². The van der Waals surface area contributed by atoms with Crippen LogP contribution in [0.1, 0.15) is 38.3 Å². The van der Waals surface area contributed by atoms with Crippen molar-refractivity contribution in [1.82, 2.24) is 0 Å². The van der Waals surface area contributed by atoms with Gasteiger partial charge in [0.05, 0.1) is 11.6 Å². The lowest BCUT2D eigenvalue weighted by Crippen LogP contribution is -2.47. The van der Waals surface area contributed by atoms with E-state index in [0.29, 0.717) is 16.7 Å². The molecule has 1 aliphatic rings. The van der Waals surface area contributed by atoms with Gasteiger partial charge in [-0.05, 0) is 36.3 Å². The van der Waals surface area contributed by atoms with Gasteiger partial charge in [-0.15, -0.1) is 0 Å². The van der Waals surface area contributed by atoms with Crippen LogP contribution in [0, 0.1) is 16.7 Å². The molecule has 0 amide bonds. The van der Waals surface area contributed by atoms with Crippen molar-refractivity contribution in [2.75, 3.05) is 0 Å². The summed E-state index contributed by atoms with van der Waals surface area (Å²) < 4.78 is 0. The van der Waals surface area contributed by atoms with Crippen LogP contribution in [0.2, 0.25) is 0 Å². The van der Waals surface area contributed by atoms with Crippen LogP contribution in [0.5, 0.6) is 0 Å². The molecule has 3 nitrogen and oxygen atoms in total. The van der Waals surface area contributed by atoms with Gasteiger partial charge in [0.25, 0.3) is 0 Å². The maximum Gasteiger partial charge on any atom is 0.156 e. The van der Waals surface area contributed by atoms with E-state index in [4.69, 9.17) is 5.26 Å². The molecule has 3 heteroatoms. The minimum atomic E-state index is -1.21. The molecule has 0 aliphatic heterocycles. The van der Waals surface area contributed by atoms with Crippen LogP contribution in [0.25, 0.3) is 0 Å². The second-order valence-electron chi connectivity index (χ2n) is 5.76. The summed E-state index contributed by atoms with van der Waals surface area (Å²) in [6.07, 6.45) is 1.79. The van der Waals surface area contributed by atoms with Crippen molar-refractivity contribution in [3.63, 3.8) is 0 Å². The summed E-state index contributed by atoms with van der Waals surface area (Å²) in [5, 5.41) is 20.1. The molecule has 0 aromatic heterocycles. The first-order valence-electron chi connectivity index (χ1n) is 6.26. The fraction of sp³-hybridized carbons (Fsp3) is 0.375. The molecular weight excluding hydrogens is 238 g/mol. The zero-order valence-corrected chi connectivity index (χ0v) is 11.4. The number of carbonyl (C=O) groups is 1. The topological polar surface area (TPSA) is 61.1 Å². The number of rotatable bonds is 1. The SMILES string of the molecule is CC1=CC(=O)CC(C)(C)C1(O)c1cccc(C#N)c1. The Morgan fingerprint density at radius 2 is 2.05 bits per heavy atom. The Balaban J connectivity index is 2.65. The van der Waals surface area contributed by atoms with E-state index in [1.807, 2.05) is 13.8 Å². The summed E-state index contributed by atoms with van der Waals surface area (Å²) in [5.74, 6) is 0.0311. The van der Waals surface area contributed by atoms with Gasteiger partial charge in [-0.2, -0.15) is 5.26 Å². The summed E-state index contributed by atoms with van der Waals surface area (Å²) in [7, 11) is 0. The number of nitriles is 1. The minimum absolute atomic E-state index is 0.0311. The second-order valence-corrected chi connectivity index (χ2v) is 5.76. The van der Waals surface area contributed by atoms with Crippen LogP contribution < -0.4 is 0 Å². The van der Waals surface area contributed by atoms with Crippen molar-refractivity contribution in [2.45, 2.75) is 32.8 Å². The first-order valence-corrected chi connectivity index (χ1v) is 6.26. The summed E-state index contributed by atoms with van der Waals surface area (Å²) in [5.41, 5.74) is -0.0156.